The van der Waals surface area contributed by atoms with E-state index >= 15 is 0 Å². The molecule has 0 aliphatic heterocycles. The van der Waals surface area contributed by atoms with E-state index in [0.717, 1.165) is 25.9 Å². The average Bonchev–Trinajstić information content (AvgIpc) is 2.34. The molecule has 0 aliphatic rings. The van der Waals surface area contributed by atoms with Crippen molar-refractivity contribution in [3.05, 3.63) is 35.9 Å². The van der Waals surface area contributed by atoms with E-state index in [2.05, 4.69) is 35.6 Å². The third kappa shape index (κ3) is 5.89. The van der Waals surface area contributed by atoms with Crippen molar-refractivity contribution in [2.45, 2.75) is 38.7 Å². The SMILES string of the molecule is CCC(O)CNCCCCc1ccccc1. The van der Waals surface area contributed by atoms with Gasteiger partial charge in [-0.05, 0) is 37.8 Å². The first-order valence-corrected chi connectivity index (χ1v) is 6.25. The topological polar surface area (TPSA) is 32.3 Å². The summed E-state index contributed by atoms with van der Waals surface area (Å²) in [4.78, 5) is 0. The smallest absolute Gasteiger partial charge is 0.0662 e. The zero-order valence-electron chi connectivity index (χ0n) is 10.2. The summed E-state index contributed by atoms with van der Waals surface area (Å²) in [6.07, 6.45) is 4.18. The summed E-state index contributed by atoms with van der Waals surface area (Å²) in [5.41, 5.74) is 1.41. The zero-order valence-corrected chi connectivity index (χ0v) is 10.2. The molecule has 1 rings (SSSR count). The van der Waals surface area contributed by atoms with Crippen LogP contribution in [0.1, 0.15) is 31.7 Å². The summed E-state index contributed by atoms with van der Waals surface area (Å²) in [6, 6.07) is 10.6. The highest BCUT2D eigenvalue weighted by Gasteiger charge is 1.98. The van der Waals surface area contributed by atoms with Crippen LogP contribution in [-0.2, 0) is 6.42 Å². The molecule has 1 atom stereocenters. The number of aryl methyl sites for hydroxylation is 1. The molecule has 1 aromatic rings. The Labute approximate surface area is 98.7 Å². The number of aliphatic hydroxyl groups is 1. The van der Waals surface area contributed by atoms with Gasteiger partial charge in [-0.2, -0.15) is 0 Å². The Morgan fingerprint density at radius 2 is 1.94 bits per heavy atom. The molecule has 0 bridgehead atoms. The molecule has 0 aliphatic carbocycles. The fourth-order valence-electron chi connectivity index (χ4n) is 1.64. The van der Waals surface area contributed by atoms with Crippen LogP contribution in [0.3, 0.4) is 0 Å². The van der Waals surface area contributed by atoms with Gasteiger partial charge in [-0.1, -0.05) is 37.3 Å². The van der Waals surface area contributed by atoms with Crippen LogP contribution >= 0.6 is 0 Å². The van der Waals surface area contributed by atoms with Gasteiger partial charge in [0.1, 0.15) is 0 Å². The summed E-state index contributed by atoms with van der Waals surface area (Å²) in [7, 11) is 0. The lowest BCUT2D eigenvalue weighted by molar-refractivity contribution is 0.167. The highest BCUT2D eigenvalue weighted by molar-refractivity contribution is 5.14. The molecular formula is C14H23NO. The first-order chi connectivity index (χ1) is 7.83. The molecule has 1 aromatic carbocycles. The first kappa shape index (κ1) is 13.2. The number of hydrogen-bond donors (Lipinski definition) is 2. The molecule has 0 aromatic heterocycles. The Morgan fingerprint density at radius 3 is 2.62 bits per heavy atom. The second-order valence-electron chi connectivity index (χ2n) is 4.21. The maximum atomic E-state index is 9.33. The summed E-state index contributed by atoms with van der Waals surface area (Å²) < 4.78 is 0. The Balaban J connectivity index is 1.96. The Bertz CT molecular complexity index is 261. The number of aliphatic hydroxyl groups excluding tert-OH is 1. The molecule has 2 heteroatoms. The Morgan fingerprint density at radius 1 is 1.19 bits per heavy atom. The van der Waals surface area contributed by atoms with Gasteiger partial charge in [0, 0.05) is 6.54 Å². The van der Waals surface area contributed by atoms with Gasteiger partial charge < -0.3 is 10.4 Å². The van der Waals surface area contributed by atoms with Crippen molar-refractivity contribution in [2.24, 2.45) is 0 Å². The van der Waals surface area contributed by atoms with E-state index in [1.54, 1.807) is 0 Å². The van der Waals surface area contributed by atoms with E-state index in [1.807, 2.05) is 6.92 Å². The van der Waals surface area contributed by atoms with E-state index in [1.165, 1.54) is 18.4 Å². The van der Waals surface area contributed by atoms with Gasteiger partial charge in [-0.15, -0.1) is 0 Å². The van der Waals surface area contributed by atoms with Gasteiger partial charge in [0.05, 0.1) is 6.10 Å². The second-order valence-corrected chi connectivity index (χ2v) is 4.21. The zero-order chi connectivity index (χ0) is 11.6. The summed E-state index contributed by atoms with van der Waals surface area (Å²) >= 11 is 0. The van der Waals surface area contributed by atoms with Crippen molar-refractivity contribution in [3.8, 4) is 0 Å². The third-order valence-corrected chi connectivity index (χ3v) is 2.76. The highest BCUT2D eigenvalue weighted by atomic mass is 16.3. The molecule has 0 amide bonds. The summed E-state index contributed by atoms with van der Waals surface area (Å²) in [5, 5.41) is 12.6. The minimum Gasteiger partial charge on any atom is -0.392 e. The number of hydrogen-bond acceptors (Lipinski definition) is 2. The minimum absolute atomic E-state index is 0.186. The lowest BCUT2D eigenvalue weighted by atomic mass is 10.1. The van der Waals surface area contributed by atoms with E-state index in [4.69, 9.17) is 0 Å². The lowest BCUT2D eigenvalue weighted by Gasteiger charge is -2.08. The molecule has 90 valence electrons. The maximum absolute atomic E-state index is 9.33. The number of benzene rings is 1. The predicted octanol–water partition coefficient (Wildman–Crippen LogP) is 2.37. The van der Waals surface area contributed by atoms with Crippen LogP contribution in [0.2, 0.25) is 0 Å². The molecule has 0 fully saturated rings. The van der Waals surface area contributed by atoms with Crippen LogP contribution < -0.4 is 5.32 Å². The monoisotopic (exact) mass is 221 g/mol. The molecule has 1 unspecified atom stereocenters. The number of rotatable bonds is 8. The summed E-state index contributed by atoms with van der Waals surface area (Å²) in [5.74, 6) is 0. The predicted molar refractivity (Wildman–Crippen MR) is 68.5 cm³/mol. The largest absolute Gasteiger partial charge is 0.392 e. The fraction of sp³-hybridized carbons (Fsp3) is 0.571. The van der Waals surface area contributed by atoms with Gasteiger partial charge in [-0.25, -0.2) is 0 Å². The standard InChI is InChI=1S/C14H23NO/c1-2-14(16)12-15-11-7-6-10-13-8-4-3-5-9-13/h3-5,8-9,14-16H,2,6-7,10-12H2,1H3. The molecule has 16 heavy (non-hydrogen) atoms. The van der Waals surface area contributed by atoms with Gasteiger partial charge >= 0.3 is 0 Å². The van der Waals surface area contributed by atoms with Crippen LogP contribution in [0.4, 0.5) is 0 Å². The van der Waals surface area contributed by atoms with Crippen molar-refractivity contribution in [1.82, 2.24) is 5.32 Å². The second kappa shape index (κ2) is 8.31. The highest BCUT2D eigenvalue weighted by Crippen LogP contribution is 2.03. The van der Waals surface area contributed by atoms with Crippen LogP contribution in [0, 0.1) is 0 Å². The van der Waals surface area contributed by atoms with Crippen molar-refractivity contribution in [2.75, 3.05) is 13.1 Å². The van der Waals surface area contributed by atoms with Gasteiger partial charge in [0.15, 0.2) is 0 Å². The van der Waals surface area contributed by atoms with Crippen LogP contribution in [0.5, 0.6) is 0 Å². The first-order valence-electron chi connectivity index (χ1n) is 6.25. The molecule has 0 saturated carbocycles. The van der Waals surface area contributed by atoms with E-state index in [0.29, 0.717) is 0 Å². The Kier molecular flexibility index (Phi) is 6.86. The van der Waals surface area contributed by atoms with Gasteiger partial charge in [-0.3, -0.25) is 0 Å². The molecule has 0 radical (unpaired) electrons. The lowest BCUT2D eigenvalue weighted by Crippen LogP contribution is -2.26. The normalized spacial score (nSPS) is 12.6. The van der Waals surface area contributed by atoms with Crippen LogP contribution in [-0.4, -0.2) is 24.3 Å². The van der Waals surface area contributed by atoms with E-state index in [-0.39, 0.29) is 6.10 Å². The van der Waals surface area contributed by atoms with Crippen molar-refractivity contribution >= 4 is 0 Å². The molecule has 0 spiro atoms. The summed E-state index contributed by atoms with van der Waals surface area (Å²) in [6.45, 7) is 3.73. The molecule has 2 nitrogen and oxygen atoms in total. The van der Waals surface area contributed by atoms with Crippen LogP contribution in [0.15, 0.2) is 30.3 Å². The molecule has 0 saturated heterocycles. The minimum atomic E-state index is -0.186. The third-order valence-electron chi connectivity index (χ3n) is 2.76. The van der Waals surface area contributed by atoms with Crippen LogP contribution in [0.25, 0.3) is 0 Å². The fourth-order valence-corrected chi connectivity index (χ4v) is 1.64. The number of unbranched alkanes of at least 4 members (excludes halogenated alkanes) is 1. The maximum Gasteiger partial charge on any atom is 0.0662 e. The van der Waals surface area contributed by atoms with Crippen molar-refractivity contribution in [1.29, 1.82) is 0 Å². The molecule has 2 N–H and O–H groups in total. The van der Waals surface area contributed by atoms with Crippen molar-refractivity contribution in [3.63, 3.8) is 0 Å². The van der Waals surface area contributed by atoms with Crippen molar-refractivity contribution < 1.29 is 5.11 Å². The average molecular weight is 221 g/mol. The van der Waals surface area contributed by atoms with E-state index < -0.39 is 0 Å². The molecular weight excluding hydrogens is 198 g/mol. The number of nitrogens with one attached hydrogen (secondary N) is 1. The Hall–Kier alpha value is -0.860. The quantitative estimate of drug-likeness (QED) is 0.661. The van der Waals surface area contributed by atoms with Gasteiger partial charge in [0.2, 0.25) is 0 Å². The van der Waals surface area contributed by atoms with E-state index in [9.17, 15) is 5.11 Å². The van der Waals surface area contributed by atoms with Gasteiger partial charge in [0.25, 0.3) is 0 Å². The molecule has 0 heterocycles.